The molecule has 3 rings (SSSR count). The highest BCUT2D eigenvalue weighted by Gasteiger charge is 2.23. The molecule has 0 saturated carbocycles. The molecular weight excluding hydrogens is 342 g/mol. The van der Waals surface area contributed by atoms with Crippen LogP contribution < -0.4 is 10.1 Å². The van der Waals surface area contributed by atoms with Crippen molar-refractivity contribution in [2.45, 2.75) is 12.6 Å². The van der Waals surface area contributed by atoms with E-state index in [4.69, 9.17) is 9.47 Å². The van der Waals surface area contributed by atoms with Gasteiger partial charge in [0.2, 0.25) is 5.91 Å². The number of hydrogen-bond donors (Lipinski definition) is 1. The van der Waals surface area contributed by atoms with Crippen LogP contribution in [0.3, 0.4) is 0 Å². The van der Waals surface area contributed by atoms with Crippen LogP contribution in [0, 0.1) is 0 Å². The lowest BCUT2D eigenvalue weighted by Crippen LogP contribution is -2.34. The molecule has 0 aliphatic rings. The molecule has 3 aromatic rings. The van der Waals surface area contributed by atoms with E-state index >= 15 is 0 Å². The van der Waals surface area contributed by atoms with Crippen molar-refractivity contribution in [3.05, 3.63) is 83.9 Å². The van der Waals surface area contributed by atoms with E-state index in [1.807, 2.05) is 72.4 Å². The van der Waals surface area contributed by atoms with Crippen LogP contribution in [-0.4, -0.2) is 29.2 Å². The van der Waals surface area contributed by atoms with Gasteiger partial charge in [-0.1, -0.05) is 48.5 Å². The molecule has 6 heteroatoms. The zero-order valence-corrected chi connectivity index (χ0v) is 15.5. The molecule has 27 heavy (non-hydrogen) atoms. The normalized spacial score (nSPS) is 11.8. The van der Waals surface area contributed by atoms with Crippen LogP contribution in [0.1, 0.15) is 23.0 Å². The highest BCUT2D eigenvalue weighted by atomic mass is 16.5. The van der Waals surface area contributed by atoms with Gasteiger partial charge in [0, 0.05) is 25.0 Å². The summed E-state index contributed by atoms with van der Waals surface area (Å²) >= 11 is 0. The number of methoxy groups -OCH3 is 1. The number of ether oxygens (including phenoxy) is 2. The Morgan fingerprint density at radius 2 is 1.89 bits per heavy atom. The van der Waals surface area contributed by atoms with Crippen molar-refractivity contribution < 1.29 is 14.3 Å². The second-order valence-electron chi connectivity index (χ2n) is 6.12. The van der Waals surface area contributed by atoms with Crippen molar-refractivity contribution in [1.82, 2.24) is 14.9 Å². The van der Waals surface area contributed by atoms with Crippen LogP contribution in [0.15, 0.2) is 67.0 Å². The fourth-order valence-corrected chi connectivity index (χ4v) is 2.88. The predicted octanol–water partition coefficient (Wildman–Crippen LogP) is 2.85. The molecule has 1 atom stereocenters. The van der Waals surface area contributed by atoms with Gasteiger partial charge in [-0.15, -0.1) is 0 Å². The molecule has 1 unspecified atom stereocenters. The first-order chi connectivity index (χ1) is 13.2. The molecule has 0 bridgehead atoms. The summed E-state index contributed by atoms with van der Waals surface area (Å²) in [6, 6.07) is 16.9. The molecule has 1 N–H and O–H groups in total. The smallest absolute Gasteiger partial charge is 0.246 e. The SMILES string of the molecule is COc1ccccc1C(NC(=O)COCc1ccccc1)c1nccn1C. The molecule has 1 heterocycles. The number of nitrogens with one attached hydrogen (secondary N) is 1. The lowest BCUT2D eigenvalue weighted by Gasteiger charge is -2.21. The van der Waals surface area contributed by atoms with Crippen molar-refractivity contribution >= 4 is 5.91 Å². The van der Waals surface area contributed by atoms with Crippen molar-refractivity contribution in [3.63, 3.8) is 0 Å². The van der Waals surface area contributed by atoms with Gasteiger partial charge in [0.25, 0.3) is 0 Å². The zero-order valence-electron chi connectivity index (χ0n) is 15.5. The molecule has 6 nitrogen and oxygen atoms in total. The minimum atomic E-state index is -0.436. The third-order valence-electron chi connectivity index (χ3n) is 4.22. The molecule has 0 radical (unpaired) electrons. The monoisotopic (exact) mass is 365 g/mol. The minimum Gasteiger partial charge on any atom is -0.496 e. The number of nitrogens with zero attached hydrogens (tertiary/aromatic N) is 2. The van der Waals surface area contributed by atoms with E-state index in [2.05, 4.69) is 10.3 Å². The number of amides is 1. The minimum absolute atomic E-state index is 0.0367. The number of aromatic nitrogens is 2. The first-order valence-corrected chi connectivity index (χ1v) is 8.70. The second kappa shape index (κ2) is 9.00. The van der Waals surface area contributed by atoms with Gasteiger partial charge >= 0.3 is 0 Å². The van der Waals surface area contributed by atoms with Crippen LogP contribution in [0.25, 0.3) is 0 Å². The first-order valence-electron chi connectivity index (χ1n) is 8.70. The van der Waals surface area contributed by atoms with E-state index in [1.165, 1.54) is 0 Å². The molecule has 0 spiro atoms. The molecule has 0 aliphatic carbocycles. The van der Waals surface area contributed by atoms with Gasteiger partial charge in [0.1, 0.15) is 24.2 Å². The van der Waals surface area contributed by atoms with Crippen molar-refractivity contribution in [2.24, 2.45) is 7.05 Å². The Bertz CT molecular complexity index is 877. The number of carbonyl (C=O) groups excluding carboxylic acids is 1. The van der Waals surface area contributed by atoms with E-state index in [0.717, 1.165) is 17.0 Å². The fraction of sp³-hybridized carbons (Fsp3) is 0.238. The van der Waals surface area contributed by atoms with Gasteiger partial charge in [-0.25, -0.2) is 4.98 Å². The van der Waals surface area contributed by atoms with Gasteiger partial charge in [-0.05, 0) is 11.6 Å². The average molecular weight is 365 g/mol. The van der Waals surface area contributed by atoms with E-state index in [-0.39, 0.29) is 12.5 Å². The standard InChI is InChI=1S/C21H23N3O3/c1-24-13-12-22-21(24)20(17-10-6-7-11-18(17)26-2)23-19(25)15-27-14-16-8-4-3-5-9-16/h3-13,20H,14-15H2,1-2H3,(H,23,25). The highest BCUT2D eigenvalue weighted by molar-refractivity contribution is 5.78. The third kappa shape index (κ3) is 4.74. The number of hydrogen-bond acceptors (Lipinski definition) is 4. The lowest BCUT2D eigenvalue weighted by molar-refractivity contribution is -0.126. The third-order valence-corrected chi connectivity index (χ3v) is 4.22. The Kier molecular flexibility index (Phi) is 6.22. The van der Waals surface area contributed by atoms with Crippen molar-refractivity contribution in [1.29, 1.82) is 0 Å². The van der Waals surface area contributed by atoms with E-state index in [0.29, 0.717) is 12.4 Å². The molecule has 1 amide bonds. The number of para-hydroxylation sites is 1. The summed E-state index contributed by atoms with van der Waals surface area (Å²) in [6.07, 6.45) is 3.55. The summed E-state index contributed by atoms with van der Waals surface area (Å²) in [5.41, 5.74) is 1.86. The molecule has 2 aromatic carbocycles. The van der Waals surface area contributed by atoms with Gasteiger partial charge < -0.3 is 19.4 Å². The molecule has 140 valence electrons. The topological polar surface area (TPSA) is 65.4 Å². The lowest BCUT2D eigenvalue weighted by atomic mass is 10.0. The Labute approximate surface area is 158 Å². The summed E-state index contributed by atoms with van der Waals surface area (Å²) < 4.78 is 12.9. The van der Waals surface area contributed by atoms with Gasteiger partial charge in [0.15, 0.2) is 0 Å². The number of rotatable bonds is 8. The first kappa shape index (κ1) is 18.7. The summed E-state index contributed by atoms with van der Waals surface area (Å²) in [7, 11) is 3.50. The molecular formula is C21H23N3O3. The number of benzene rings is 2. The Balaban J connectivity index is 1.72. The number of carbonyl (C=O) groups is 1. The Morgan fingerprint density at radius 3 is 2.59 bits per heavy atom. The Morgan fingerprint density at radius 1 is 1.15 bits per heavy atom. The Hall–Kier alpha value is -3.12. The summed E-state index contributed by atoms with van der Waals surface area (Å²) in [6.45, 7) is 0.348. The molecule has 0 fully saturated rings. The van der Waals surface area contributed by atoms with E-state index in [9.17, 15) is 4.79 Å². The maximum absolute atomic E-state index is 12.5. The van der Waals surface area contributed by atoms with Crippen LogP contribution in [0.4, 0.5) is 0 Å². The largest absolute Gasteiger partial charge is 0.496 e. The number of imidazole rings is 1. The summed E-state index contributed by atoms with van der Waals surface area (Å²) in [5.74, 6) is 1.19. The quantitative estimate of drug-likeness (QED) is 0.667. The van der Waals surface area contributed by atoms with Gasteiger partial charge in [0.05, 0.1) is 13.7 Å². The maximum atomic E-state index is 12.5. The molecule has 0 saturated heterocycles. The van der Waals surface area contributed by atoms with Crippen LogP contribution in [-0.2, 0) is 23.2 Å². The van der Waals surface area contributed by atoms with Crippen molar-refractivity contribution in [2.75, 3.05) is 13.7 Å². The fourth-order valence-electron chi connectivity index (χ4n) is 2.88. The highest BCUT2D eigenvalue weighted by Crippen LogP contribution is 2.28. The average Bonchev–Trinajstić information content (AvgIpc) is 3.12. The van der Waals surface area contributed by atoms with E-state index in [1.54, 1.807) is 13.3 Å². The molecule has 0 aliphatic heterocycles. The number of aryl methyl sites for hydroxylation is 1. The van der Waals surface area contributed by atoms with E-state index < -0.39 is 6.04 Å². The van der Waals surface area contributed by atoms with Crippen LogP contribution in [0.2, 0.25) is 0 Å². The summed E-state index contributed by atoms with van der Waals surface area (Å²) in [4.78, 5) is 16.9. The van der Waals surface area contributed by atoms with Crippen LogP contribution >= 0.6 is 0 Å². The molecule has 1 aromatic heterocycles. The van der Waals surface area contributed by atoms with Gasteiger partial charge in [-0.3, -0.25) is 4.79 Å². The second-order valence-corrected chi connectivity index (χ2v) is 6.12. The predicted molar refractivity (Wildman–Crippen MR) is 102 cm³/mol. The summed E-state index contributed by atoms with van der Waals surface area (Å²) in [5, 5.41) is 3.01. The van der Waals surface area contributed by atoms with Crippen LogP contribution in [0.5, 0.6) is 5.75 Å². The van der Waals surface area contributed by atoms with Gasteiger partial charge in [-0.2, -0.15) is 0 Å². The van der Waals surface area contributed by atoms with Crippen molar-refractivity contribution in [3.8, 4) is 5.75 Å². The zero-order chi connectivity index (χ0) is 19.1. The maximum Gasteiger partial charge on any atom is 0.246 e.